The number of nitrogens with zero attached hydrogens (tertiary/aromatic N) is 2. The number of alkyl halides is 3. The lowest BCUT2D eigenvalue weighted by Crippen LogP contribution is -2.37. The van der Waals surface area contributed by atoms with Crippen LogP contribution >= 0.6 is 0 Å². The molecule has 1 aliphatic carbocycles. The van der Waals surface area contributed by atoms with Gasteiger partial charge in [-0.05, 0) is 68.7 Å². The monoisotopic (exact) mass is 500 g/mol. The molecule has 190 valence electrons. The van der Waals surface area contributed by atoms with Crippen LogP contribution in [0.4, 0.5) is 23.7 Å². The molecular weight excluding hydrogens is 473 g/mol. The minimum atomic E-state index is -4.57. The Balaban J connectivity index is 1.62. The van der Waals surface area contributed by atoms with Crippen molar-refractivity contribution in [2.75, 3.05) is 5.32 Å². The number of aromatic nitrogens is 2. The molecule has 4 rings (SSSR count). The molecule has 0 bridgehead atoms. The third-order valence-electron chi connectivity index (χ3n) is 6.42. The summed E-state index contributed by atoms with van der Waals surface area (Å²) in [6.07, 6.45) is -0.894. The summed E-state index contributed by atoms with van der Waals surface area (Å²) in [6, 6.07) is 9.75. The summed E-state index contributed by atoms with van der Waals surface area (Å²) in [5.41, 5.74) is 0.559. The Morgan fingerprint density at radius 1 is 1.17 bits per heavy atom. The molecule has 36 heavy (non-hydrogen) atoms. The Bertz CT molecular complexity index is 1280. The highest BCUT2D eigenvalue weighted by Gasteiger charge is 2.31. The number of halogens is 3. The molecule has 0 spiro atoms. The number of benzene rings is 2. The topological polar surface area (TPSA) is 96.3 Å². The summed E-state index contributed by atoms with van der Waals surface area (Å²) in [5, 5.41) is 20.4. The van der Waals surface area contributed by atoms with Crippen molar-refractivity contribution in [1.29, 1.82) is 0 Å². The van der Waals surface area contributed by atoms with Crippen LogP contribution in [-0.2, 0) is 6.18 Å². The lowest BCUT2D eigenvalue weighted by Gasteiger charge is -2.25. The lowest BCUT2D eigenvalue weighted by atomic mass is 9.82. The van der Waals surface area contributed by atoms with Gasteiger partial charge in [-0.2, -0.15) is 23.0 Å². The molecular formula is C26H27F3N4O3. The first-order chi connectivity index (χ1) is 17.1. The van der Waals surface area contributed by atoms with Gasteiger partial charge in [0.2, 0.25) is 0 Å². The molecule has 1 atom stereocenters. The maximum absolute atomic E-state index is 13.0. The fourth-order valence-corrected chi connectivity index (χ4v) is 3.92. The Morgan fingerprint density at radius 3 is 2.56 bits per heavy atom. The quantitative estimate of drug-likeness (QED) is 0.354. The smallest absolute Gasteiger partial charge is 0.416 e. The second-order valence-corrected chi connectivity index (χ2v) is 9.02. The van der Waals surface area contributed by atoms with Gasteiger partial charge >= 0.3 is 12.2 Å². The van der Waals surface area contributed by atoms with E-state index in [0.29, 0.717) is 5.69 Å². The fourth-order valence-electron chi connectivity index (χ4n) is 3.92. The van der Waals surface area contributed by atoms with Crippen molar-refractivity contribution in [3.63, 3.8) is 0 Å². The molecule has 1 heterocycles. The van der Waals surface area contributed by atoms with Gasteiger partial charge in [0.1, 0.15) is 5.75 Å². The number of carbonyl (C=O) groups is 2. The van der Waals surface area contributed by atoms with Crippen LogP contribution in [0.3, 0.4) is 0 Å². The van der Waals surface area contributed by atoms with Crippen molar-refractivity contribution < 1.29 is 27.9 Å². The summed E-state index contributed by atoms with van der Waals surface area (Å²) in [6.45, 7) is 3.86. The second-order valence-electron chi connectivity index (χ2n) is 9.02. The number of rotatable bonds is 6. The van der Waals surface area contributed by atoms with E-state index in [0.717, 1.165) is 43.5 Å². The summed E-state index contributed by atoms with van der Waals surface area (Å²) < 4.78 is 40.4. The minimum Gasteiger partial charge on any atom is -0.507 e. The van der Waals surface area contributed by atoms with Gasteiger partial charge in [-0.1, -0.05) is 19.4 Å². The SMILES string of the molecule is CCC(C)NC(=O)n1nc(-c2cc(NC(=O)c3cccc(C(F)(F)F)c3)ccc2O)cc1C1CCC1. The standard InChI is InChI=1S/C26H27F3N4O3/c1-3-15(2)30-25(36)33-22(16-6-4-7-16)14-21(32-33)20-13-19(10-11-23(20)34)31-24(35)17-8-5-9-18(12-17)26(27,28)29/h5,8-16,34H,3-4,6-7H2,1-2H3,(H,30,36)(H,31,35). The highest BCUT2D eigenvalue weighted by atomic mass is 19.4. The number of aromatic hydroxyl groups is 1. The zero-order valence-electron chi connectivity index (χ0n) is 19.9. The molecule has 3 N–H and O–H groups in total. The normalized spacial score (nSPS) is 14.7. The molecule has 1 fully saturated rings. The van der Waals surface area contributed by atoms with Gasteiger partial charge in [0.05, 0.1) is 17.0 Å². The number of amides is 2. The molecule has 0 saturated heterocycles. The van der Waals surface area contributed by atoms with Crippen molar-refractivity contribution in [3.8, 4) is 17.0 Å². The Labute approximate surface area is 206 Å². The predicted molar refractivity (Wildman–Crippen MR) is 129 cm³/mol. The van der Waals surface area contributed by atoms with Gasteiger partial charge < -0.3 is 15.7 Å². The summed E-state index contributed by atoms with van der Waals surface area (Å²) >= 11 is 0. The number of anilines is 1. The van der Waals surface area contributed by atoms with Gasteiger partial charge in [-0.15, -0.1) is 0 Å². The van der Waals surface area contributed by atoms with Gasteiger partial charge in [-0.25, -0.2) is 4.79 Å². The van der Waals surface area contributed by atoms with Crippen molar-refractivity contribution in [1.82, 2.24) is 15.1 Å². The zero-order chi connectivity index (χ0) is 26.0. The van der Waals surface area contributed by atoms with Crippen LogP contribution in [0.15, 0.2) is 48.5 Å². The third-order valence-corrected chi connectivity index (χ3v) is 6.42. The minimum absolute atomic E-state index is 0.0396. The van der Waals surface area contributed by atoms with E-state index in [9.17, 15) is 27.9 Å². The van der Waals surface area contributed by atoms with Crippen LogP contribution in [0.25, 0.3) is 11.3 Å². The highest BCUT2D eigenvalue weighted by Crippen LogP contribution is 2.39. The van der Waals surface area contributed by atoms with Gasteiger partial charge in [0.15, 0.2) is 0 Å². The van der Waals surface area contributed by atoms with E-state index in [1.54, 1.807) is 6.07 Å². The third kappa shape index (κ3) is 5.37. The molecule has 2 amide bonds. The summed E-state index contributed by atoms with van der Waals surface area (Å²) in [7, 11) is 0. The Hall–Kier alpha value is -3.82. The van der Waals surface area contributed by atoms with E-state index < -0.39 is 17.6 Å². The number of phenols is 1. The molecule has 0 aliphatic heterocycles. The van der Waals surface area contributed by atoms with E-state index in [1.807, 2.05) is 13.8 Å². The number of hydrogen-bond donors (Lipinski definition) is 3. The van der Waals surface area contributed by atoms with Crippen LogP contribution in [0, 0.1) is 0 Å². The van der Waals surface area contributed by atoms with Crippen molar-refractivity contribution in [2.24, 2.45) is 0 Å². The molecule has 1 unspecified atom stereocenters. The number of phenolic OH excluding ortho intramolecular Hbond substituents is 1. The largest absolute Gasteiger partial charge is 0.507 e. The molecule has 1 saturated carbocycles. The van der Waals surface area contributed by atoms with Crippen LogP contribution in [0.2, 0.25) is 0 Å². The van der Waals surface area contributed by atoms with E-state index >= 15 is 0 Å². The molecule has 10 heteroatoms. The Morgan fingerprint density at radius 2 is 1.92 bits per heavy atom. The van der Waals surface area contributed by atoms with Gasteiger partial charge in [0, 0.05) is 28.8 Å². The average molecular weight is 501 g/mol. The average Bonchev–Trinajstić information content (AvgIpc) is 3.23. The van der Waals surface area contributed by atoms with Crippen molar-refractivity contribution >= 4 is 17.6 Å². The van der Waals surface area contributed by atoms with Crippen LogP contribution in [0.5, 0.6) is 5.75 Å². The summed E-state index contributed by atoms with van der Waals surface area (Å²) in [5.74, 6) is -0.662. The lowest BCUT2D eigenvalue weighted by molar-refractivity contribution is -0.137. The molecule has 2 aromatic carbocycles. The molecule has 0 radical (unpaired) electrons. The van der Waals surface area contributed by atoms with Crippen molar-refractivity contribution in [2.45, 2.75) is 57.7 Å². The maximum atomic E-state index is 13.0. The van der Waals surface area contributed by atoms with E-state index in [2.05, 4.69) is 15.7 Å². The van der Waals surface area contributed by atoms with Crippen molar-refractivity contribution in [3.05, 3.63) is 65.4 Å². The first-order valence-electron chi connectivity index (χ1n) is 11.8. The zero-order valence-corrected chi connectivity index (χ0v) is 19.9. The van der Waals surface area contributed by atoms with Gasteiger partial charge in [-0.3, -0.25) is 4.79 Å². The maximum Gasteiger partial charge on any atom is 0.416 e. The molecule has 1 aromatic heterocycles. The number of hydrogen-bond acceptors (Lipinski definition) is 4. The predicted octanol–water partition coefficient (Wildman–Crippen LogP) is 6.15. The summed E-state index contributed by atoms with van der Waals surface area (Å²) in [4.78, 5) is 25.5. The first-order valence-corrected chi connectivity index (χ1v) is 11.8. The van der Waals surface area contributed by atoms with E-state index in [4.69, 9.17) is 0 Å². The first kappa shape index (κ1) is 25.3. The fraction of sp³-hybridized carbons (Fsp3) is 0.346. The van der Waals surface area contributed by atoms with Crippen LogP contribution in [0.1, 0.15) is 67.1 Å². The van der Waals surface area contributed by atoms with E-state index in [-0.39, 0.29) is 40.6 Å². The second kappa shape index (κ2) is 10.0. The van der Waals surface area contributed by atoms with Crippen LogP contribution < -0.4 is 10.6 Å². The van der Waals surface area contributed by atoms with Crippen LogP contribution in [-0.4, -0.2) is 32.9 Å². The molecule has 7 nitrogen and oxygen atoms in total. The van der Waals surface area contributed by atoms with E-state index in [1.165, 1.54) is 35.0 Å². The highest BCUT2D eigenvalue weighted by molar-refractivity contribution is 6.04. The van der Waals surface area contributed by atoms with Gasteiger partial charge in [0.25, 0.3) is 5.91 Å². The molecule has 1 aliphatic rings. The number of nitrogens with one attached hydrogen (secondary N) is 2. The Kier molecular flexibility index (Phi) is 7.05. The number of carbonyl (C=O) groups excluding carboxylic acids is 2. The molecule has 3 aromatic rings.